The van der Waals surface area contributed by atoms with Gasteiger partial charge in [-0.25, -0.2) is 15.0 Å². The Kier molecular flexibility index (Phi) is 17.9. The van der Waals surface area contributed by atoms with Crippen LogP contribution in [0.4, 0.5) is 0 Å². The second-order valence-corrected chi connectivity index (χ2v) is 6.46. The van der Waals surface area contributed by atoms with Crippen LogP contribution in [0.2, 0.25) is 0 Å². The SMILES string of the molecule is [Cr+3].[Cr+3].[NH-][C@@H](Cc1cnc[nH]1)C(=O)[O-].[NH-][C@@H](Cc1cnc[nH]1)C(=O)[O-].[NH-][C@@H](Cc1cnc[nH]1)C(=O)[O-]. The monoisotopic (exact) mass is 563 g/mol. The summed E-state index contributed by atoms with van der Waals surface area (Å²) >= 11 is 0. The molecule has 0 aromatic carbocycles. The van der Waals surface area contributed by atoms with Crippen LogP contribution in [0.3, 0.4) is 0 Å². The Hall–Kier alpha value is -3.02. The zero-order valence-electron chi connectivity index (χ0n) is 17.9. The summed E-state index contributed by atoms with van der Waals surface area (Å²) in [5.74, 6) is -4.08. The molecule has 3 rings (SSSR count). The van der Waals surface area contributed by atoms with Crippen molar-refractivity contribution in [2.24, 2.45) is 0 Å². The average molecular weight is 563 g/mol. The van der Waals surface area contributed by atoms with E-state index in [-0.39, 0.29) is 54.0 Å². The summed E-state index contributed by atoms with van der Waals surface area (Å²) in [5, 5.41) is 30.3. The van der Waals surface area contributed by atoms with Crippen LogP contribution in [-0.2, 0) is 68.4 Å². The molecule has 0 spiro atoms. The third kappa shape index (κ3) is 14.8. The number of carbonyl (C=O) groups is 3. The maximum absolute atomic E-state index is 10.1. The maximum Gasteiger partial charge on any atom is 3.00 e. The van der Waals surface area contributed by atoms with E-state index in [1.807, 2.05) is 0 Å². The van der Waals surface area contributed by atoms with E-state index in [9.17, 15) is 29.7 Å². The van der Waals surface area contributed by atoms with Crippen molar-refractivity contribution in [1.82, 2.24) is 29.9 Å². The van der Waals surface area contributed by atoms with Crippen molar-refractivity contribution in [3.8, 4) is 0 Å². The van der Waals surface area contributed by atoms with E-state index in [0.29, 0.717) is 17.1 Å². The summed E-state index contributed by atoms with van der Waals surface area (Å²) in [7, 11) is 0. The van der Waals surface area contributed by atoms with Crippen LogP contribution in [0.5, 0.6) is 0 Å². The van der Waals surface area contributed by atoms with Crippen molar-refractivity contribution in [2.45, 2.75) is 37.4 Å². The molecule has 0 aliphatic carbocycles. The number of aromatic amines is 3. The molecule has 3 heterocycles. The molecule has 3 aromatic rings. The van der Waals surface area contributed by atoms with Crippen LogP contribution < -0.4 is 15.3 Å². The molecule has 35 heavy (non-hydrogen) atoms. The van der Waals surface area contributed by atoms with Gasteiger partial charge in [-0.1, -0.05) is 18.1 Å². The van der Waals surface area contributed by atoms with E-state index in [1.54, 1.807) is 0 Å². The van der Waals surface area contributed by atoms with E-state index in [0.717, 1.165) is 0 Å². The number of carbonyl (C=O) groups excluding carboxylic acids is 3. The number of aliphatic carboxylic acids is 3. The second-order valence-electron chi connectivity index (χ2n) is 6.46. The van der Waals surface area contributed by atoms with Crippen molar-refractivity contribution in [1.29, 1.82) is 0 Å². The van der Waals surface area contributed by atoms with Gasteiger partial charge in [0.1, 0.15) is 0 Å². The topological polar surface area (TPSA) is 278 Å². The molecule has 186 valence electrons. The zero-order valence-corrected chi connectivity index (χ0v) is 20.5. The Bertz CT molecular complexity index is 831. The third-order valence-electron chi connectivity index (χ3n) is 3.79. The quantitative estimate of drug-likeness (QED) is 0.245. The molecule has 15 nitrogen and oxygen atoms in total. The molecule has 0 bridgehead atoms. The summed E-state index contributed by atoms with van der Waals surface area (Å²) in [5.41, 5.74) is 22.9. The fraction of sp³-hybridized carbons (Fsp3) is 0.333. The summed E-state index contributed by atoms with van der Waals surface area (Å²) in [6, 6.07) is -3.64. The molecule has 0 aliphatic rings. The molecule has 2 radical (unpaired) electrons. The predicted octanol–water partition coefficient (Wildman–Crippen LogP) is -2.64. The fourth-order valence-corrected chi connectivity index (χ4v) is 2.10. The van der Waals surface area contributed by atoms with E-state index in [4.69, 9.17) is 17.2 Å². The zero-order chi connectivity index (χ0) is 24.8. The van der Waals surface area contributed by atoms with Gasteiger partial charge in [0.05, 0.1) is 19.0 Å². The molecular formula is C18H21Cr2N9O6. The Morgan fingerprint density at radius 1 is 0.629 bits per heavy atom. The predicted molar refractivity (Wildman–Crippen MR) is 106 cm³/mol. The van der Waals surface area contributed by atoms with Crippen molar-refractivity contribution in [3.05, 3.63) is 71.9 Å². The molecule has 6 N–H and O–H groups in total. The molecule has 0 fully saturated rings. The molecule has 17 heteroatoms. The van der Waals surface area contributed by atoms with E-state index in [1.165, 1.54) is 37.6 Å². The molecule has 0 unspecified atom stereocenters. The van der Waals surface area contributed by atoms with E-state index >= 15 is 0 Å². The van der Waals surface area contributed by atoms with Crippen LogP contribution in [0.25, 0.3) is 17.2 Å². The van der Waals surface area contributed by atoms with Gasteiger partial charge in [-0.2, -0.15) is 0 Å². The fourth-order valence-electron chi connectivity index (χ4n) is 2.10. The average Bonchev–Trinajstić information content (AvgIpc) is 3.53. The van der Waals surface area contributed by atoms with Gasteiger partial charge in [-0.15, -0.1) is 0 Å². The van der Waals surface area contributed by atoms with Gasteiger partial charge in [-0.3, -0.25) is 0 Å². The smallest absolute Gasteiger partial charge is 0.670 e. The number of aromatic nitrogens is 6. The van der Waals surface area contributed by atoms with Crippen LogP contribution in [0.1, 0.15) is 17.1 Å². The summed E-state index contributed by atoms with van der Waals surface area (Å²) in [6.07, 6.45) is 9.14. The number of carboxylic acids is 3. The third-order valence-corrected chi connectivity index (χ3v) is 3.79. The number of hydrogen-bond donors (Lipinski definition) is 3. The van der Waals surface area contributed by atoms with Crippen LogP contribution in [0.15, 0.2) is 37.6 Å². The summed E-state index contributed by atoms with van der Waals surface area (Å²) < 4.78 is 0. The first kappa shape index (κ1) is 34.2. The second kappa shape index (κ2) is 18.3. The van der Waals surface area contributed by atoms with Gasteiger partial charge in [-0.05, 0) is 19.3 Å². The van der Waals surface area contributed by atoms with Crippen molar-refractivity contribution < 1.29 is 64.4 Å². The van der Waals surface area contributed by atoms with Crippen molar-refractivity contribution in [2.75, 3.05) is 0 Å². The molecular weight excluding hydrogens is 542 g/mol. The van der Waals surface area contributed by atoms with Gasteiger partial charge in [0.2, 0.25) is 0 Å². The maximum atomic E-state index is 10.1. The van der Waals surface area contributed by atoms with Crippen molar-refractivity contribution in [3.63, 3.8) is 0 Å². The van der Waals surface area contributed by atoms with Crippen LogP contribution >= 0.6 is 0 Å². The van der Waals surface area contributed by atoms with Gasteiger partial charge >= 0.3 is 34.7 Å². The molecule has 3 aromatic heterocycles. The minimum absolute atomic E-state index is 0. The summed E-state index contributed by atoms with van der Waals surface area (Å²) in [6.45, 7) is 0. The molecule has 3 atom stereocenters. The first-order chi connectivity index (χ1) is 15.6. The number of nitrogens with zero attached hydrogens (tertiary/aromatic N) is 3. The normalized spacial score (nSPS) is 12.1. The largest absolute Gasteiger partial charge is 3.00 e. The van der Waals surface area contributed by atoms with Gasteiger partial charge in [0, 0.05) is 53.6 Å². The number of imidazole rings is 3. The standard InChI is InChI=1S/3C6H8N3O2.2Cr/c3*7-5(6(10)11)1-4-2-8-3-9-4;;/h3*2-3,5,7H,1H2,(H,8,9)(H,10,11);;/q3*-1;2*+3/p-3/t3*5-;;/m000../s1. The Balaban J connectivity index is 0. The number of rotatable bonds is 9. The minimum atomic E-state index is -1.36. The van der Waals surface area contributed by atoms with E-state index in [2.05, 4.69) is 29.9 Å². The molecule has 0 saturated heterocycles. The number of carboxylic acid groups (broad SMARTS) is 3. The number of hydrogen-bond acceptors (Lipinski definition) is 9. The molecule has 0 amide bonds. The Morgan fingerprint density at radius 3 is 1.00 bits per heavy atom. The van der Waals surface area contributed by atoms with Crippen LogP contribution in [0, 0.1) is 0 Å². The van der Waals surface area contributed by atoms with Gasteiger partial charge in [0.25, 0.3) is 0 Å². The first-order valence-corrected chi connectivity index (χ1v) is 9.27. The first-order valence-electron chi connectivity index (χ1n) is 9.27. The minimum Gasteiger partial charge on any atom is -0.670 e. The van der Waals surface area contributed by atoms with E-state index < -0.39 is 36.0 Å². The van der Waals surface area contributed by atoms with Crippen LogP contribution in [-0.4, -0.2) is 65.9 Å². The molecule has 0 saturated carbocycles. The Labute approximate surface area is 221 Å². The number of H-pyrrole nitrogens is 3. The van der Waals surface area contributed by atoms with Crippen molar-refractivity contribution >= 4 is 17.9 Å². The number of nitrogens with one attached hydrogen (secondary N) is 6. The van der Waals surface area contributed by atoms with Gasteiger partial charge in [0.15, 0.2) is 0 Å². The van der Waals surface area contributed by atoms with Gasteiger partial charge < -0.3 is 61.9 Å². The Morgan fingerprint density at radius 2 is 0.857 bits per heavy atom. The molecule has 0 aliphatic heterocycles. The summed E-state index contributed by atoms with van der Waals surface area (Å²) in [4.78, 5) is 49.4.